The number of likely N-dealkylation sites (N-methyl/N-ethyl adjacent to an activating group) is 1. The predicted molar refractivity (Wildman–Crippen MR) is 53.9 cm³/mol. The molecule has 0 unspecified atom stereocenters. The van der Waals surface area contributed by atoms with Gasteiger partial charge in [0, 0.05) is 13.6 Å². The molecule has 0 spiro atoms. The molecule has 0 aliphatic carbocycles. The van der Waals surface area contributed by atoms with Crippen LogP contribution in [0.25, 0.3) is 0 Å². The monoisotopic (exact) mass is 198 g/mol. The molecule has 0 atom stereocenters. The fourth-order valence-electron chi connectivity index (χ4n) is 1.49. The second-order valence-corrected chi connectivity index (χ2v) is 4.21. The fraction of sp³-hybridized carbons (Fsp3) is 0.800. The van der Waals surface area contributed by atoms with E-state index in [2.05, 4.69) is 0 Å². The number of carbonyl (C=O) groups excluding carboxylic acids is 2. The maximum absolute atomic E-state index is 11.8. The lowest BCUT2D eigenvalue weighted by molar-refractivity contribution is -0.131. The molecule has 3 amide bonds. The van der Waals surface area contributed by atoms with Crippen molar-refractivity contribution in [3.05, 3.63) is 0 Å². The van der Waals surface area contributed by atoms with Crippen molar-refractivity contribution >= 4 is 11.9 Å². The Morgan fingerprint density at radius 3 is 2.21 bits per heavy atom. The van der Waals surface area contributed by atoms with E-state index in [1.165, 1.54) is 9.80 Å². The summed E-state index contributed by atoms with van der Waals surface area (Å²) in [7, 11) is 1.67. The van der Waals surface area contributed by atoms with Gasteiger partial charge in [-0.05, 0) is 20.3 Å². The molecule has 0 bridgehead atoms. The van der Waals surface area contributed by atoms with Crippen molar-refractivity contribution in [3.8, 4) is 0 Å². The summed E-state index contributed by atoms with van der Waals surface area (Å²) in [6.45, 7) is 6.14. The number of hydrogen-bond acceptors (Lipinski definition) is 2. The molecule has 0 N–H and O–H groups in total. The highest BCUT2D eigenvalue weighted by Crippen LogP contribution is 2.25. The summed E-state index contributed by atoms with van der Waals surface area (Å²) >= 11 is 0. The van der Waals surface area contributed by atoms with Crippen LogP contribution in [0.1, 0.15) is 33.6 Å². The van der Waals surface area contributed by atoms with E-state index >= 15 is 0 Å². The van der Waals surface area contributed by atoms with E-state index in [0.29, 0.717) is 6.54 Å². The van der Waals surface area contributed by atoms with Crippen LogP contribution in [0.5, 0.6) is 0 Å². The van der Waals surface area contributed by atoms with E-state index in [9.17, 15) is 9.59 Å². The van der Waals surface area contributed by atoms with Gasteiger partial charge < -0.3 is 4.90 Å². The summed E-state index contributed by atoms with van der Waals surface area (Å²) in [5.74, 6) is -0.0848. The van der Waals surface area contributed by atoms with Crippen LogP contribution >= 0.6 is 0 Å². The van der Waals surface area contributed by atoms with Crippen molar-refractivity contribution in [1.29, 1.82) is 0 Å². The summed E-state index contributed by atoms with van der Waals surface area (Å²) in [5, 5.41) is 0. The molecule has 0 saturated carbocycles. The quantitative estimate of drug-likeness (QED) is 0.644. The SMILES string of the molecule is CCCCN1C(=O)N(C)C(C)(C)C1=O. The molecule has 1 rings (SSSR count). The number of amides is 3. The normalized spacial score (nSPS) is 20.9. The first-order chi connectivity index (χ1) is 6.42. The Balaban J connectivity index is 2.80. The standard InChI is InChI=1S/C10H18N2O2/c1-5-6-7-12-8(13)10(2,3)11(4)9(12)14/h5-7H2,1-4H3. The van der Waals surface area contributed by atoms with Gasteiger partial charge in [0.2, 0.25) is 0 Å². The van der Waals surface area contributed by atoms with Gasteiger partial charge in [-0.15, -0.1) is 0 Å². The molecule has 1 saturated heterocycles. The molecule has 1 fully saturated rings. The van der Waals surface area contributed by atoms with Gasteiger partial charge in [-0.1, -0.05) is 13.3 Å². The van der Waals surface area contributed by atoms with Crippen molar-refractivity contribution in [2.45, 2.75) is 39.2 Å². The molecule has 4 nitrogen and oxygen atoms in total. The number of urea groups is 1. The molecule has 4 heteroatoms. The molecule has 1 aliphatic heterocycles. The second kappa shape index (κ2) is 3.59. The van der Waals surface area contributed by atoms with Gasteiger partial charge in [-0.25, -0.2) is 4.79 Å². The lowest BCUT2D eigenvalue weighted by Crippen LogP contribution is -2.41. The first kappa shape index (κ1) is 11.0. The molecule has 0 aromatic rings. The third-order valence-corrected chi connectivity index (χ3v) is 2.86. The highest BCUT2D eigenvalue weighted by Gasteiger charge is 2.48. The van der Waals surface area contributed by atoms with Crippen LogP contribution in [0, 0.1) is 0 Å². The van der Waals surface area contributed by atoms with Gasteiger partial charge in [0.15, 0.2) is 0 Å². The van der Waals surface area contributed by atoms with E-state index in [0.717, 1.165) is 12.8 Å². The molecule has 1 heterocycles. The van der Waals surface area contributed by atoms with Gasteiger partial charge in [-0.3, -0.25) is 9.69 Å². The summed E-state index contributed by atoms with van der Waals surface area (Å²) in [6, 6.07) is -0.173. The smallest absolute Gasteiger partial charge is 0.313 e. The zero-order valence-corrected chi connectivity index (χ0v) is 9.33. The van der Waals surface area contributed by atoms with Crippen molar-refractivity contribution in [3.63, 3.8) is 0 Å². The van der Waals surface area contributed by atoms with Crippen LogP contribution in [0.2, 0.25) is 0 Å². The van der Waals surface area contributed by atoms with Crippen LogP contribution in [0.15, 0.2) is 0 Å². The van der Waals surface area contributed by atoms with E-state index in [1.54, 1.807) is 20.9 Å². The van der Waals surface area contributed by atoms with Crippen LogP contribution in [-0.4, -0.2) is 40.9 Å². The topological polar surface area (TPSA) is 40.6 Å². The minimum absolute atomic E-state index is 0.0848. The van der Waals surface area contributed by atoms with Gasteiger partial charge in [0.25, 0.3) is 5.91 Å². The zero-order valence-electron chi connectivity index (χ0n) is 9.33. The van der Waals surface area contributed by atoms with Crippen molar-refractivity contribution in [2.75, 3.05) is 13.6 Å². The third kappa shape index (κ3) is 1.49. The fourth-order valence-corrected chi connectivity index (χ4v) is 1.49. The summed E-state index contributed by atoms with van der Waals surface area (Å²) < 4.78 is 0. The van der Waals surface area contributed by atoms with Gasteiger partial charge in [0.1, 0.15) is 5.54 Å². The van der Waals surface area contributed by atoms with Crippen LogP contribution in [0.4, 0.5) is 4.79 Å². The van der Waals surface area contributed by atoms with E-state index < -0.39 is 5.54 Å². The van der Waals surface area contributed by atoms with Gasteiger partial charge >= 0.3 is 6.03 Å². The van der Waals surface area contributed by atoms with Crippen molar-refractivity contribution in [1.82, 2.24) is 9.80 Å². The number of imide groups is 1. The Morgan fingerprint density at radius 2 is 1.86 bits per heavy atom. The van der Waals surface area contributed by atoms with E-state index in [4.69, 9.17) is 0 Å². The summed E-state index contributed by atoms with van der Waals surface area (Å²) in [6.07, 6.45) is 1.86. The van der Waals surface area contributed by atoms with Gasteiger partial charge in [-0.2, -0.15) is 0 Å². The van der Waals surface area contributed by atoms with Crippen LogP contribution < -0.4 is 0 Å². The molecule has 0 radical (unpaired) electrons. The lowest BCUT2D eigenvalue weighted by Gasteiger charge is -2.22. The Morgan fingerprint density at radius 1 is 1.29 bits per heavy atom. The largest absolute Gasteiger partial charge is 0.327 e. The highest BCUT2D eigenvalue weighted by molar-refractivity contribution is 6.06. The van der Waals surface area contributed by atoms with Crippen LogP contribution in [0.3, 0.4) is 0 Å². The number of nitrogens with zero attached hydrogens (tertiary/aromatic N) is 2. The maximum atomic E-state index is 11.8. The number of unbranched alkanes of at least 4 members (excludes halogenated alkanes) is 1. The zero-order chi connectivity index (χ0) is 10.9. The molecule has 0 aromatic carbocycles. The Bertz CT molecular complexity index is 261. The number of carbonyl (C=O) groups is 2. The minimum Gasteiger partial charge on any atom is -0.313 e. The molecule has 80 valence electrons. The minimum atomic E-state index is -0.676. The van der Waals surface area contributed by atoms with Crippen LogP contribution in [-0.2, 0) is 4.79 Å². The molecular weight excluding hydrogens is 180 g/mol. The van der Waals surface area contributed by atoms with Gasteiger partial charge in [0.05, 0.1) is 0 Å². The molecule has 1 aliphatic rings. The highest BCUT2D eigenvalue weighted by atomic mass is 16.2. The maximum Gasteiger partial charge on any atom is 0.327 e. The van der Waals surface area contributed by atoms with E-state index in [1.807, 2.05) is 6.92 Å². The Kier molecular flexibility index (Phi) is 2.83. The lowest BCUT2D eigenvalue weighted by atomic mass is 10.1. The van der Waals surface area contributed by atoms with E-state index in [-0.39, 0.29) is 11.9 Å². The molecular formula is C10H18N2O2. The number of rotatable bonds is 3. The third-order valence-electron chi connectivity index (χ3n) is 2.86. The van der Waals surface area contributed by atoms with Crippen molar-refractivity contribution < 1.29 is 9.59 Å². The summed E-state index contributed by atoms with van der Waals surface area (Å²) in [5.41, 5.74) is -0.676. The average molecular weight is 198 g/mol. The Labute approximate surface area is 84.9 Å². The molecule has 0 aromatic heterocycles. The predicted octanol–water partition coefficient (Wildman–Crippen LogP) is 1.46. The van der Waals surface area contributed by atoms with Crippen molar-refractivity contribution in [2.24, 2.45) is 0 Å². The average Bonchev–Trinajstić information content (AvgIpc) is 2.28. The Hall–Kier alpha value is -1.06. The number of hydrogen-bond donors (Lipinski definition) is 0. The first-order valence-corrected chi connectivity index (χ1v) is 5.02. The first-order valence-electron chi connectivity index (χ1n) is 5.02. The molecule has 14 heavy (non-hydrogen) atoms. The summed E-state index contributed by atoms with van der Waals surface area (Å²) in [4.78, 5) is 26.3. The second-order valence-electron chi connectivity index (χ2n) is 4.21.